The van der Waals surface area contributed by atoms with Gasteiger partial charge in [-0.3, -0.25) is 0 Å². The van der Waals surface area contributed by atoms with Crippen LogP contribution in [0.2, 0.25) is 0 Å². The fraction of sp³-hybridized carbons (Fsp3) is 0.647. The largest absolute Gasteiger partial charge is 0.496 e. The molecule has 1 aliphatic carbocycles. The molecule has 1 saturated carbocycles. The molecule has 2 rings (SSSR count). The number of unbranched alkanes of at least 4 members (excludes halogenated alkanes) is 1. The molecule has 0 amide bonds. The van der Waals surface area contributed by atoms with Crippen LogP contribution in [0.3, 0.4) is 0 Å². The Morgan fingerprint density at radius 3 is 2.55 bits per heavy atom. The van der Waals surface area contributed by atoms with Crippen molar-refractivity contribution in [2.24, 2.45) is 0 Å². The number of para-hydroxylation sites is 1. The van der Waals surface area contributed by atoms with Gasteiger partial charge in [-0.15, -0.1) is 0 Å². The first kappa shape index (κ1) is 17.3. The maximum absolute atomic E-state index is 12.1. The summed E-state index contributed by atoms with van der Waals surface area (Å²) in [5.41, 5.74) is 1.000. The smallest absolute Gasteiger partial charge is 0.211 e. The van der Waals surface area contributed by atoms with Crippen molar-refractivity contribution in [2.75, 3.05) is 19.4 Å². The molecule has 0 spiro atoms. The van der Waals surface area contributed by atoms with E-state index < -0.39 is 10.0 Å². The van der Waals surface area contributed by atoms with Gasteiger partial charge in [-0.25, -0.2) is 13.1 Å². The number of ether oxygens (including phenoxy) is 1. The molecule has 0 radical (unpaired) electrons. The predicted octanol–water partition coefficient (Wildman–Crippen LogP) is 3.23. The Kier molecular flexibility index (Phi) is 5.87. The van der Waals surface area contributed by atoms with Gasteiger partial charge < -0.3 is 4.74 Å². The van der Waals surface area contributed by atoms with Gasteiger partial charge in [0, 0.05) is 17.5 Å². The van der Waals surface area contributed by atoms with Crippen LogP contribution in [0.4, 0.5) is 0 Å². The number of hydrogen-bond donors (Lipinski definition) is 1. The van der Waals surface area contributed by atoms with Crippen molar-refractivity contribution in [3.63, 3.8) is 0 Å². The number of nitrogens with one attached hydrogen (secondary N) is 1. The summed E-state index contributed by atoms with van der Waals surface area (Å²) in [6.45, 7) is 2.47. The van der Waals surface area contributed by atoms with Crippen LogP contribution in [0.25, 0.3) is 0 Å². The molecule has 0 heterocycles. The van der Waals surface area contributed by atoms with E-state index in [2.05, 4.69) is 10.8 Å². The van der Waals surface area contributed by atoms with E-state index in [0.29, 0.717) is 13.0 Å². The highest BCUT2D eigenvalue weighted by atomic mass is 32.2. The molecule has 124 valence electrons. The van der Waals surface area contributed by atoms with Gasteiger partial charge in [-0.1, -0.05) is 44.4 Å². The topological polar surface area (TPSA) is 55.4 Å². The van der Waals surface area contributed by atoms with Gasteiger partial charge >= 0.3 is 0 Å². The maximum atomic E-state index is 12.1. The SMILES string of the molecule is CCCCS(=O)(=O)NCC1(c2ccccc2OC)CCCC1. The lowest BCUT2D eigenvalue weighted by molar-refractivity contribution is 0.372. The summed E-state index contributed by atoms with van der Waals surface area (Å²) in [6.07, 6.45) is 5.87. The van der Waals surface area contributed by atoms with Gasteiger partial charge in [0.1, 0.15) is 5.75 Å². The summed E-state index contributed by atoms with van der Waals surface area (Å²) >= 11 is 0. The minimum Gasteiger partial charge on any atom is -0.496 e. The first-order valence-corrected chi connectivity index (χ1v) is 9.79. The fourth-order valence-corrected chi connectivity index (χ4v) is 4.64. The molecule has 1 fully saturated rings. The zero-order chi connectivity index (χ0) is 16.1. The summed E-state index contributed by atoms with van der Waals surface area (Å²) in [5.74, 6) is 1.07. The summed E-state index contributed by atoms with van der Waals surface area (Å²) in [4.78, 5) is 0. The van der Waals surface area contributed by atoms with Crippen molar-refractivity contribution in [3.8, 4) is 5.75 Å². The van der Waals surface area contributed by atoms with E-state index in [1.54, 1.807) is 7.11 Å². The summed E-state index contributed by atoms with van der Waals surface area (Å²) in [5, 5.41) is 0. The number of methoxy groups -OCH3 is 1. The third kappa shape index (κ3) is 4.02. The van der Waals surface area contributed by atoms with Gasteiger partial charge in [0.2, 0.25) is 10.0 Å². The van der Waals surface area contributed by atoms with Gasteiger partial charge in [0.05, 0.1) is 12.9 Å². The number of benzene rings is 1. The van der Waals surface area contributed by atoms with Crippen LogP contribution in [0.1, 0.15) is 51.0 Å². The van der Waals surface area contributed by atoms with E-state index in [1.165, 1.54) is 0 Å². The molecule has 1 aliphatic rings. The normalized spacial score (nSPS) is 17.5. The Balaban J connectivity index is 2.19. The first-order chi connectivity index (χ1) is 10.5. The second kappa shape index (κ2) is 7.47. The Morgan fingerprint density at radius 1 is 1.23 bits per heavy atom. The van der Waals surface area contributed by atoms with Crippen LogP contribution in [-0.4, -0.2) is 27.8 Å². The highest BCUT2D eigenvalue weighted by Gasteiger charge is 2.38. The zero-order valence-electron chi connectivity index (χ0n) is 13.6. The van der Waals surface area contributed by atoms with Crippen LogP contribution < -0.4 is 9.46 Å². The van der Waals surface area contributed by atoms with Gasteiger partial charge in [-0.2, -0.15) is 0 Å². The molecule has 22 heavy (non-hydrogen) atoms. The number of sulfonamides is 1. The van der Waals surface area contributed by atoms with Crippen LogP contribution in [0, 0.1) is 0 Å². The molecule has 5 heteroatoms. The molecule has 0 aromatic heterocycles. The highest BCUT2D eigenvalue weighted by molar-refractivity contribution is 7.89. The lowest BCUT2D eigenvalue weighted by Gasteiger charge is -2.31. The lowest BCUT2D eigenvalue weighted by atomic mass is 9.78. The molecular formula is C17H27NO3S. The monoisotopic (exact) mass is 325 g/mol. The number of rotatable bonds is 8. The van der Waals surface area contributed by atoms with Crippen molar-refractivity contribution in [1.82, 2.24) is 4.72 Å². The molecule has 1 N–H and O–H groups in total. The average Bonchev–Trinajstić information content (AvgIpc) is 3.01. The third-order valence-corrected chi connectivity index (χ3v) is 6.05. The van der Waals surface area contributed by atoms with E-state index in [9.17, 15) is 8.42 Å². The van der Waals surface area contributed by atoms with Crippen molar-refractivity contribution in [1.29, 1.82) is 0 Å². The molecule has 1 aromatic carbocycles. The highest BCUT2D eigenvalue weighted by Crippen LogP contribution is 2.44. The van der Waals surface area contributed by atoms with E-state index in [1.807, 2.05) is 25.1 Å². The molecule has 4 nitrogen and oxygen atoms in total. The number of hydrogen-bond acceptors (Lipinski definition) is 3. The van der Waals surface area contributed by atoms with Crippen molar-refractivity contribution >= 4 is 10.0 Å². The second-order valence-corrected chi connectivity index (χ2v) is 8.11. The van der Waals surface area contributed by atoms with E-state index >= 15 is 0 Å². The standard InChI is InChI=1S/C17H27NO3S/c1-3-4-13-22(19,20)18-14-17(11-7-8-12-17)15-9-5-6-10-16(15)21-2/h5-6,9-10,18H,3-4,7-8,11-14H2,1-2H3. The zero-order valence-corrected chi connectivity index (χ0v) is 14.4. The Morgan fingerprint density at radius 2 is 1.91 bits per heavy atom. The Hall–Kier alpha value is -1.07. The van der Waals surface area contributed by atoms with Crippen LogP contribution >= 0.6 is 0 Å². The van der Waals surface area contributed by atoms with Crippen LogP contribution in [-0.2, 0) is 15.4 Å². The summed E-state index contributed by atoms with van der Waals surface area (Å²) in [6, 6.07) is 7.99. The molecule has 0 bridgehead atoms. The Labute approximate surface area is 134 Å². The van der Waals surface area contributed by atoms with Crippen molar-refractivity contribution < 1.29 is 13.2 Å². The lowest BCUT2D eigenvalue weighted by Crippen LogP contribution is -2.40. The second-order valence-electron chi connectivity index (χ2n) is 6.18. The Bertz CT molecular complexity index is 577. The van der Waals surface area contributed by atoms with E-state index in [0.717, 1.165) is 43.4 Å². The molecule has 0 unspecified atom stereocenters. The minimum atomic E-state index is -3.19. The molecule has 1 aromatic rings. The van der Waals surface area contributed by atoms with E-state index in [-0.39, 0.29) is 11.2 Å². The predicted molar refractivity (Wildman–Crippen MR) is 89.8 cm³/mol. The summed E-state index contributed by atoms with van der Waals surface area (Å²) in [7, 11) is -1.51. The van der Waals surface area contributed by atoms with Gasteiger partial charge in [-0.05, 0) is 25.3 Å². The summed E-state index contributed by atoms with van der Waals surface area (Å²) < 4.78 is 32.6. The van der Waals surface area contributed by atoms with Crippen molar-refractivity contribution in [3.05, 3.63) is 29.8 Å². The molecule has 0 atom stereocenters. The third-order valence-electron chi connectivity index (χ3n) is 4.64. The van der Waals surface area contributed by atoms with Crippen LogP contribution in [0.15, 0.2) is 24.3 Å². The van der Waals surface area contributed by atoms with Gasteiger partial charge in [0.25, 0.3) is 0 Å². The van der Waals surface area contributed by atoms with Crippen LogP contribution in [0.5, 0.6) is 5.75 Å². The van der Waals surface area contributed by atoms with Gasteiger partial charge in [0.15, 0.2) is 0 Å². The molecule has 0 saturated heterocycles. The molecule has 0 aliphatic heterocycles. The van der Waals surface area contributed by atoms with E-state index in [4.69, 9.17) is 4.74 Å². The first-order valence-electron chi connectivity index (χ1n) is 8.14. The minimum absolute atomic E-state index is 0.133. The average molecular weight is 325 g/mol. The fourth-order valence-electron chi connectivity index (χ4n) is 3.33. The van der Waals surface area contributed by atoms with Crippen molar-refractivity contribution in [2.45, 2.75) is 50.9 Å². The maximum Gasteiger partial charge on any atom is 0.211 e. The molecular weight excluding hydrogens is 298 g/mol. The quantitative estimate of drug-likeness (QED) is 0.798.